The number of ether oxygens (including phenoxy) is 1. The zero-order chi connectivity index (χ0) is 39.4. The summed E-state index contributed by atoms with van der Waals surface area (Å²) in [6.45, 7) is 1.75. The number of nitrogens with zero attached hydrogens (tertiary/aromatic N) is 6. The summed E-state index contributed by atoms with van der Waals surface area (Å²) in [6.07, 6.45) is -6.90. The molecule has 2 fully saturated rings. The van der Waals surface area contributed by atoms with Gasteiger partial charge in [0.25, 0.3) is 12.3 Å². The Labute approximate surface area is 302 Å². The monoisotopic (exact) mass is 767 g/mol. The Balaban J connectivity index is 1.37. The van der Waals surface area contributed by atoms with E-state index in [0.717, 1.165) is 29.6 Å². The van der Waals surface area contributed by atoms with Gasteiger partial charge >= 0.3 is 18.8 Å². The Hall–Kier alpha value is -5.56. The molecule has 3 heterocycles. The van der Waals surface area contributed by atoms with Crippen LogP contribution in [0.4, 0.5) is 39.9 Å². The molecule has 20 heteroatoms. The molecule has 2 atom stereocenters. The predicted octanol–water partition coefficient (Wildman–Crippen LogP) is 7.16. The molecular formula is C34H33F8N9O3. The molecule has 0 bridgehead atoms. The van der Waals surface area contributed by atoms with Crippen LogP contribution < -0.4 is 10.6 Å². The zero-order valence-corrected chi connectivity index (χ0v) is 28.8. The first kappa shape index (κ1) is 38.2. The third-order valence-electron chi connectivity index (χ3n) is 9.14. The summed E-state index contributed by atoms with van der Waals surface area (Å²) in [6, 6.07) is 7.82. The van der Waals surface area contributed by atoms with Crippen molar-refractivity contribution in [2.45, 2.75) is 76.3 Å². The van der Waals surface area contributed by atoms with Gasteiger partial charge in [-0.1, -0.05) is 51.1 Å². The van der Waals surface area contributed by atoms with Gasteiger partial charge in [-0.2, -0.15) is 32.1 Å². The van der Waals surface area contributed by atoms with E-state index in [1.54, 1.807) is 24.3 Å². The van der Waals surface area contributed by atoms with Crippen LogP contribution in [0.2, 0.25) is 0 Å². The number of nitrogens with one attached hydrogen (secondary N) is 3. The van der Waals surface area contributed by atoms with Crippen molar-refractivity contribution in [3.8, 4) is 16.8 Å². The maximum atomic E-state index is 15.7. The van der Waals surface area contributed by atoms with Crippen LogP contribution in [0.1, 0.15) is 76.0 Å². The van der Waals surface area contributed by atoms with Crippen molar-refractivity contribution < 1.29 is 49.4 Å². The Morgan fingerprint density at radius 1 is 1.04 bits per heavy atom. The average molecular weight is 768 g/mol. The fourth-order valence-electron chi connectivity index (χ4n) is 6.47. The van der Waals surface area contributed by atoms with Crippen LogP contribution in [-0.2, 0) is 15.1 Å². The summed E-state index contributed by atoms with van der Waals surface area (Å²) >= 11 is 0. The number of guanidine groups is 1. The highest BCUT2D eigenvalue weighted by Gasteiger charge is 2.64. The van der Waals surface area contributed by atoms with E-state index >= 15 is 4.39 Å². The lowest BCUT2D eigenvalue weighted by Gasteiger charge is -2.35. The number of alkyl halides is 7. The molecule has 0 radical (unpaired) electrons. The molecule has 3 N–H and O–H groups in total. The van der Waals surface area contributed by atoms with Gasteiger partial charge in [-0.25, -0.2) is 32.3 Å². The fourth-order valence-corrected chi connectivity index (χ4v) is 6.47. The molecule has 12 nitrogen and oxygen atoms in total. The second kappa shape index (κ2) is 13.7. The summed E-state index contributed by atoms with van der Waals surface area (Å²) in [5.41, 5.74) is -4.16. The van der Waals surface area contributed by atoms with E-state index < -0.39 is 83.6 Å². The molecular weight excluding hydrogens is 734 g/mol. The van der Waals surface area contributed by atoms with Crippen LogP contribution >= 0.6 is 0 Å². The molecule has 6 rings (SSSR count). The minimum atomic E-state index is -4.77. The quantitative estimate of drug-likeness (QED) is 0.138. The largest absolute Gasteiger partial charge is 0.447 e. The van der Waals surface area contributed by atoms with Gasteiger partial charge < -0.3 is 15.4 Å². The molecule has 2 aliphatic rings. The van der Waals surface area contributed by atoms with Gasteiger partial charge in [0.15, 0.2) is 11.8 Å². The molecule has 2 aromatic carbocycles. The molecule has 0 unspecified atom stereocenters. The summed E-state index contributed by atoms with van der Waals surface area (Å²) in [4.78, 5) is 31.8. The molecule has 1 aliphatic carbocycles. The molecule has 4 aromatic rings. The minimum absolute atomic E-state index is 0.0541. The average Bonchev–Trinajstić information content (AvgIpc) is 3.40. The first-order valence-corrected chi connectivity index (χ1v) is 16.4. The number of benzene rings is 2. The Morgan fingerprint density at radius 2 is 1.72 bits per heavy atom. The van der Waals surface area contributed by atoms with Crippen LogP contribution in [0, 0.1) is 16.6 Å². The fraction of sp³-hybridized carbons (Fsp3) is 0.412. The van der Waals surface area contributed by atoms with E-state index in [1.807, 2.05) is 26.1 Å². The number of aromatic nitrogens is 5. The van der Waals surface area contributed by atoms with Crippen molar-refractivity contribution in [3.05, 3.63) is 84.0 Å². The summed E-state index contributed by atoms with van der Waals surface area (Å²) < 4.78 is 116. The second-order valence-corrected chi connectivity index (χ2v) is 14.2. The standard InChI is InChI=1S/C34H33F8N9O3/c1-31(2,3)16-33(21-7-4-18(5-8-21)20-13-45-49(14-20)28(38)39)27(52)50(29(43)47-33)24(15-54-30(53)48-32(10-11-32)34(40,41)42)19-6-9-23(22(35)12-19)51-26(25(36)37)44-17-46-51/h4-9,12-14,17,24-25,28H,10-11,15-16H2,1-3H3,(H2,43,47)(H,48,53)/t24-,33-/m1/s1. The van der Waals surface area contributed by atoms with Crippen molar-refractivity contribution in [2.75, 3.05) is 6.61 Å². The van der Waals surface area contributed by atoms with E-state index in [0.29, 0.717) is 26.1 Å². The van der Waals surface area contributed by atoms with Crippen LogP contribution in [0.15, 0.2) is 61.2 Å². The normalized spacial score (nSPS) is 19.0. The molecule has 0 spiro atoms. The van der Waals surface area contributed by atoms with Gasteiger partial charge in [0.05, 0.1) is 12.2 Å². The number of hydrogen-bond acceptors (Lipinski definition) is 7. The van der Waals surface area contributed by atoms with Crippen LogP contribution in [0.3, 0.4) is 0 Å². The molecule has 2 amide bonds. The van der Waals surface area contributed by atoms with Crippen molar-refractivity contribution in [1.29, 1.82) is 5.41 Å². The Morgan fingerprint density at radius 3 is 2.28 bits per heavy atom. The Bertz CT molecular complexity index is 2060. The highest BCUT2D eigenvalue weighted by molar-refractivity contribution is 6.08. The van der Waals surface area contributed by atoms with Gasteiger partial charge in [0.2, 0.25) is 0 Å². The number of halogens is 8. The van der Waals surface area contributed by atoms with Crippen LogP contribution in [0.5, 0.6) is 0 Å². The maximum Gasteiger partial charge on any atom is 0.411 e. The van der Waals surface area contributed by atoms with E-state index in [9.17, 15) is 40.3 Å². The lowest BCUT2D eigenvalue weighted by atomic mass is 9.75. The van der Waals surface area contributed by atoms with Crippen LogP contribution in [0.25, 0.3) is 16.8 Å². The minimum Gasteiger partial charge on any atom is -0.447 e. The summed E-state index contributed by atoms with van der Waals surface area (Å²) in [5.74, 6) is -3.29. The van der Waals surface area contributed by atoms with Crippen molar-refractivity contribution >= 4 is 18.0 Å². The number of rotatable bonds is 11. The maximum absolute atomic E-state index is 15.7. The van der Waals surface area contributed by atoms with Gasteiger partial charge in [0.1, 0.15) is 35.5 Å². The molecule has 1 saturated heterocycles. The zero-order valence-electron chi connectivity index (χ0n) is 28.8. The van der Waals surface area contributed by atoms with Gasteiger partial charge in [0, 0.05) is 11.8 Å². The highest BCUT2D eigenvalue weighted by atomic mass is 19.4. The number of carbonyl (C=O) groups excluding carboxylic acids is 2. The van der Waals surface area contributed by atoms with Gasteiger partial charge in [-0.15, -0.1) is 0 Å². The SMILES string of the molecule is CC(C)(C)C[C@]1(c2ccc(-c3cnn(C(F)F)c3)cc2)NC(=N)N([C@H](COC(=O)NC2(C(F)(F)F)CC2)c2ccc(-n3ncnc3C(F)F)c(F)c2)C1=O. The molecule has 54 heavy (non-hydrogen) atoms. The Kier molecular flexibility index (Phi) is 9.68. The van der Waals surface area contributed by atoms with E-state index in [4.69, 9.17) is 10.1 Å². The predicted molar refractivity (Wildman–Crippen MR) is 174 cm³/mol. The lowest BCUT2D eigenvalue weighted by Crippen LogP contribution is -2.49. The first-order chi connectivity index (χ1) is 25.2. The smallest absolute Gasteiger partial charge is 0.411 e. The third-order valence-corrected chi connectivity index (χ3v) is 9.14. The van der Waals surface area contributed by atoms with Crippen molar-refractivity contribution in [1.82, 2.24) is 40.1 Å². The molecule has 1 saturated carbocycles. The topological polar surface area (TPSA) is 143 Å². The second-order valence-electron chi connectivity index (χ2n) is 14.2. The van der Waals surface area contributed by atoms with E-state index in [1.165, 1.54) is 12.3 Å². The van der Waals surface area contributed by atoms with Crippen LogP contribution in [-0.4, -0.2) is 65.7 Å². The van der Waals surface area contributed by atoms with Gasteiger partial charge in [-0.3, -0.25) is 15.1 Å². The number of amides is 2. The molecule has 1 aliphatic heterocycles. The van der Waals surface area contributed by atoms with E-state index in [-0.39, 0.29) is 24.8 Å². The highest BCUT2D eigenvalue weighted by Crippen LogP contribution is 2.49. The lowest BCUT2D eigenvalue weighted by molar-refractivity contribution is -0.164. The van der Waals surface area contributed by atoms with Gasteiger partial charge in [-0.05, 0) is 53.5 Å². The number of alkyl carbamates (subject to hydrolysis) is 1. The molecule has 2 aromatic heterocycles. The first-order valence-electron chi connectivity index (χ1n) is 16.4. The number of carbonyl (C=O) groups is 2. The summed E-state index contributed by atoms with van der Waals surface area (Å²) in [7, 11) is 0. The van der Waals surface area contributed by atoms with Crippen molar-refractivity contribution in [2.24, 2.45) is 5.41 Å². The van der Waals surface area contributed by atoms with Crippen molar-refractivity contribution in [3.63, 3.8) is 0 Å². The number of hydrogen-bond donors (Lipinski definition) is 3. The third kappa shape index (κ3) is 7.20. The molecule has 288 valence electrons. The van der Waals surface area contributed by atoms with E-state index in [2.05, 4.69) is 20.5 Å². The summed E-state index contributed by atoms with van der Waals surface area (Å²) in [5, 5.41) is 21.0.